The molecule has 0 N–H and O–H groups in total. The average molecular weight is 216 g/mol. The highest BCUT2D eigenvalue weighted by molar-refractivity contribution is 5.67. The SMILES string of the molecule is CC(=O)OC1CCOCCC1OC(C)=O. The second kappa shape index (κ2) is 5.70. The van der Waals surface area contributed by atoms with E-state index in [0.29, 0.717) is 26.1 Å². The quantitative estimate of drug-likeness (QED) is 0.634. The summed E-state index contributed by atoms with van der Waals surface area (Å²) in [7, 11) is 0. The molecule has 1 heterocycles. The van der Waals surface area contributed by atoms with Crippen molar-refractivity contribution in [3.8, 4) is 0 Å². The lowest BCUT2D eigenvalue weighted by Crippen LogP contribution is -2.34. The third-order valence-electron chi connectivity index (χ3n) is 2.14. The Morgan fingerprint density at radius 2 is 1.40 bits per heavy atom. The Hall–Kier alpha value is -1.10. The van der Waals surface area contributed by atoms with Crippen molar-refractivity contribution in [2.24, 2.45) is 0 Å². The van der Waals surface area contributed by atoms with Gasteiger partial charge in [-0.15, -0.1) is 0 Å². The third-order valence-corrected chi connectivity index (χ3v) is 2.14. The van der Waals surface area contributed by atoms with Gasteiger partial charge in [-0.05, 0) is 0 Å². The largest absolute Gasteiger partial charge is 0.459 e. The van der Waals surface area contributed by atoms with Crippen molar-refractivity contribution in [2.75, 3.05) is 13.2 Å². The van der Waals surface area contributed by atoms with Crippen molar-refractivity contribution in [3.63, 3.8) is 0 Å². The van der Waals surface area contributed by atoms with Gasteiger partial charge in [-0.1, -0.05) is 0 Å². The summed E-state index contributed by atoms with van der Waals surface area (Å²) in [6.07, 6.45) is 0.373. The molecule has 0 aromatic carbocycles. The summed E-state index contributed by atoms with van der Waals surface area (Å²) >= 11 is 0. The van der Waals surface area contributed by atoms with Gasteiger partial charge in [-0.3, -0.25) is 9.59 Å². The normalized spacial score (nSPS) is 26.5. The molecule has 15 heavy (non-hydrogen) atoms. The zero-order chi connectivity index (χ0) is 11.3. The first-order valence-electron chi connectivity index (χ1n) is 5.02. The molecule has 1 fully saturated rings. The van der Waals surface area contributed by atoms with Gasteiger partial charge >= 0.3 is 11.9 Å². The summed E-state index contributed by atoms with van der Waals surface area (Å²) in [5.41, 5.74) is 0. The summed E-state index contributed by atoms with van der Waals surface area (Å²) in [6, 6.07) is 0. The van der Waals surface area contributed by atoms with Crippen molar-refractivity contribution in [1.29, 1.82) is 0 Å². The van der Waals surface area contributed by atoms with E-state index in [1.165, 1.54) is 13.8 Å². The molecule has 0 radical (unpaired) electrons. The Balaban J connectivity index is 2.58. The number of esters is 2. The molecule has 5 heteroatoms. The Labute approximate surface area is 88.7 Å². The first-order valence-corrected chi connectivity index (χ1v) is 5.02. The maximum absolute atomic E-state index is 10.9. The molecule has 0 aromatic rings. The molecule has 2 unspecified atom stereocenters. The van der Waals surface area contributed by atoms with Crippen LogP contribution in [-0.4, -0.2) is 37.4 Å². The van der Waals surface area contributed by atoms with Crippen LogP contribution in [0.15, 0.2) is 0 Å². The van der Waals surface area contributed by atoms with Crippen LogP contribution in [-0.2, 0) is 23.8 Å². The van der Waals surface area contributed by atoms with Gasteiger partial charge in [0.05, 0.1) is 13.2 Å². The fourth-order valence-corrected chi connectivity index (χ4v) is 1.57. The third kappa shape index (κ3) is 4.29. The lowest BCUT2D eigenvalue weighted by molar-refractivity contribution is -0.165. The standard InChI is InChI=1S/C10H16O5/c1-7(11)14-9-3-5-13-6-4-10(9)15-8(2)12/h9-10H,3-6H2,1-2H3. The first-order chi connectivity index (χ1) is 7.09. The molecule has 0 bridgehead atoms. The average Bonchev–Trinajstić information content (AvgIpc) is 2.30. The minimum atomic E-state index is -0.381. The van der Waals surface area contributed by atoms with Gasteiger partial charge in [0, 0.05) is 26.7 Å². The van der Waals surface area contributed by atoms with Gasteiger partial charge in [0.15, 0.2) is 0 Å². The van der Waals surface area contributed by atoms with Crippen LogP contribution in [0.25, 0.3) is 0 Å². The van der Waals surface area contributed by atoms with E-state index in [-0.39, 0.29) is 24.1 Å². The number of ether oxygens (including phenoxy) is 3. The second-order valence-electron chi connectivity index (χ2n) is 3.49. The Bertz CT molecular complexity index is 214. The number of hydrogen-bond donors (Lipinski definition) is 0. The molecule has 2 atom stereocenters. The summed E-state index contributed by atoms with van der Waals surface area (Å²) in [4.78, 5) is 21.7. The van der Waals surface area contributed by atoms with E-state index in [1.807, 2.05) is 0 Å². The Kier molecular flexibility index (Phi) is 4.55. The molecule has 1 aliphatic rings. The zero-order valence-corrected chi connectivity index (χ0v) is 9.02. The smallest absolute Gasteiger partial charge is 0.303 e. The van der Waals surface area contributed by atoms with Gasteiger partial charge in [0.25, 0.3) is 0 Å². The maximum Gasteiger partial charge on any atom is 0.303 e. The predicted octanol–water partition coefficient (Wildman–Crippen LogP) is 0.660. The van der Waals surface area contributed by atoms with Crippen molar-refractivity contribution >= 4 is 11.9 Å². The minimum Gasteiger partial charge on any atom is -0.459 e. The van der Waals surface area contributed by atoms with E-state index < -0.39 is 0 Å². The number of carbonyl (C=O) groups is 2. The Morgan fingerprint density at radius 3 is 1.73 bits per heavy atom. The van der Waals surface area contributed by atoms with Crippen molar-refractivity contribution in [1.82, 2.24) is 0 Å². The molecule has 0 aliphatic carbocycles. The van der Waals surface area contributed by atoms with Gasteiger partial charge in [0.1, 0.15) is 12.2 Å². The van der Waals surface area contributed by atoms with Crippen LogP contribution in [0.2, 0.25) is 0 Å². The first kappa shape index (κ1) is 12.0. The van der Waals surface area contributed by atoms with Crippen molar-refractivity contribution in [3.05, 3.63) is 0 Å². The molecular formula is C10H16O5. The fraction of sp³-hybridized carbons (Fsp3) is 0.800. The minimum absolute atomic E-state index is 0.362. The molecule has 0 amide bonds. The van der Waals surface area contributed by atoms with Crippen LogP contribution in [0.1, 0.15) is 26.7 Å². The summed E-state index contributed by atoms with van der Waals surface area (Å²) in [5.74, 6) is -0.724. The zero-order valence-electron chi connectivity index (χ0n) is 9.02. The van der Waals surface area contributed by atoms with Crippen LogP contribution in [0, 0.1) is 0 Å². The second-order valence-corrected chi connectivity index (χ2v) is 3.49. The molecule has 1 rings (SSSR count). The highest BCUT2D eigenvalue weighted by Gasteiger charge is 2.28. The van der Waals surface area contributed by atoms with Gasteiger partial charge in [0.2, 0.25) is 0 Å². The Morgan fingerprint density at radius 1 is 1.00 bits per heavy atom. The van der Waals surface area contributed by atoms with Crippen LogP contribution in [0.5, 0.6) is 0 Å². The molecule has 0 saturated carbocycles. The molecule has 1 aliphatic heterocycles. The van der Waals surface area contributed by atoms with Crippen molar-refractivity contribution in [2.45, 2.75) is 38.9 Å². The van der Waals surface area contributed by atoms with E-state index in [1.54, 1.807) is 0 Å². The predicted molar refractivity (Wildman–Crippen MR) is 51.2 cm³/mol. The van der Waals surface area contributed by atoms with Gasteiger partial charge in [-0.25, -0.2) is 0 Å². The van der Waals surface area contributed by atoms with E-state index >= 15 is 0 Å². The van der Waals surface area contributed by atoms with Gasteiger partial charge in [-0.2, -0.15) is 0 Å². The lowest BCUT2D eigenvalue weighted by atomic mass is 10.1. The van der Waals surface area contributed by atoms with E-state index in [0.717, 1.165) is 0 Å². The molecule has 0 spiro atoms. The summed E-state index contributed by atoms with van der Waals surface area (Å²) in [5, 5.41) is 0. The number of hydrogen-bond acceptors (Lipinski definition) is 5. The van der Waals surface area contributed by atoms with Crippen LogP contribution >= 0.6 is 0 Å². The van der Waals surface area contributed by atoms with E-state index in [2.05, 4.69) is 0 Å². The molecular weight excluding hydrogens is 200 g/mol. The highest BCUT2D eigenvalue weighted by Crippen LogP contribution is 2.16. The van der Waals surface area contributed by atoms with Crippen LogP contribution < -0.4 is 0 Å². The summed E-state index contributed by atoms with van der Waals surface area (Å²) < 4.78 is 15.4. The van der Waals surface area contributed by atoms with Crippen LogP contribution in [0.4, 0.5) is 0 Å². The lowest BCUT2D eigenvalue weighted by Gasteiger charge is -2.23. The number of carbonyl (C=O) groups excluding carboxylic acids is 2. The molecule has 86 valence electrons. The monoisotopic (exact) mass is 216 g/mol. The van der Waals surface area contributed by atoms with Crippen LogP contribution in [0.3, 0.4) is 0 Å². The molecule has 5 nitrogen and oxygen atoms in total. The van der Waals surface area contributed by atoms with E-state index in [9.17, 15) is 9.59 Å². The maximum atomic E-state index is 10.9. The van der Waals surface area contributed by atoms with Gasteiger partial charge < -0.3 is 14.2 Å². The van der Waals surface area contributed by atoms with E-state index in [4.69, 9.17) is 14.2 Å². The highest BCUT2D eigenvalue weighted by atomic mass is 16.6. The van der Waals surface area contributed by atoms with Crippen molar-refractivity contribution < 1.29 is 23.8 Å². The molecule has 0 aromatic heterocycles. The summed E-state index contributed by atoms with van der Waals surface area (Å²) in [6.45, 7) is 3.73. The number of rotatable bonds is 2. The topological polar surface area (TPSA) is 61.8 Å². The fourth-order valence-electron chi connectivity index (χ4n) is 1.57. The molecule has 1 saturated heterocycles.